The van der Waals surface area contributed by atoms with Gasteiger partial charge in [-0.1, -0.05) is 66.7 Å². The maximum atomic E-state index is 12.3. The number of benzene rings is 3. The minimum atomic E-state index is -0.277. The molecule has 0 heterocycles. The van der Waals surface area contributed by atoms with Crippen molar-refractivity contribution in [3.63, 3.8) is 0 Å². The Balaban J connectivity index is 1.68. The molecule has 26 heavy (non-hydrogen) atoms. The van der Waals surface area contributed by atoms with Crippen LogP contribution in [-0.4, -0.2) is 18.8 Å². The van der Waals surface area contributed by atoms with Crippen LogP contribution in [0.3, 0.4) is 0 Å². The third-order valence-electron chi connectivity index (χ3n) is 3.94. The van der Waals surface area contributed by atoms with E-state index in [0.29, 0.717) is 0 Å². The van der Waals surface area contributed by atoms with Crippen LogP contribution in [0.2, 0.25) is 0 Å². The second-order valence-corrected chi connectivity index (χ2v) is 6.67. The molecule has 0 unspecified atom stereocenters. The third-order valence-corrected chi connectivity index (χ3v) is 4.66. The van der Waals surface area contributed by atoms with Gasteiger partial charge in [-0.05, 0) is 35.6 Å². The average molecular weight is 363 g/mol. The average Bonchev–Trinajstić information content (AvgIpc) is 2.70. The van der Waals surface area contributed by atoms with Gasteiger partial charge in [0.05, 0.1) is 0 Å². The van der Waals surface area contributed by atoms with E-state index in [1.165, 1.54) is 0 Å². The smallest absolute Gasteiger partial charge is 0.250 e. The Morgan fingerprint density at radius 1 is 0.923 bits per heavy atom. The van der Waals surface area contributed by atoms with Crippen molar-refractivity contribution in [1.29, 1.82) is 0 Å². The van der Waals surface area contributed by atoms with E-state index in [1.807, 2.05) is 91.2 Å². The Bertz CT molecular complexity index is 798. The number of carbonyl (C=O) groups is 1. The van der Waals surface area contributed by atoms with Crippen LogP contribution in [0.15, 0.2) is 89.8 Å². The first-order valence-electron chi connectivity index (χ1n) is 8.41. The highest BCUT2D eigenvalue weighted by Gasteiger charge is 2.16. The Kier molecular flexibility index (Phi) is 6.47. The lowest BCUT2D eigenvalue weighted by molar-refractivity contribution is -0.121. The van der Waals surface area contributed by atoms with Crippen molar-refractivity contribution < 1.29 is 9.53 Å². The fraction of sp³-hybridized carbons (Fsp3) is 0.136. The summed E-state index contributed by atoms with van der Waals surface area (Å²) in [6, 6.07) is 27.7. The van der Waals surface area contributed by atoms with Crippen LogP contribution < -0.4 is 5.32 Å². The number of anilines is 1. The normalized spacial score (nSPS) is 10.7. The van der Waals surface area contributed by atoms with Crippen LogP contribution in [0.4, 0.5) is 5.69 Å². The van der Waals surface area contributed by atoms with Crippen LogP contribution in [0.25, 0.3) is 0 Å². The monoisotopic (exact) mass is 363 g/mol. The number of hydrogen-bond donors (Lipinski definition) is 1. The summed E-state index contributed by atoms with van der Waals surface area (Å²) in [7, 11) is 0. The second kappa shape index (κ2) is 9.22. The molecule has 0 radical (unpaired) electrons. The van der Waals surface area contributed by atoms with Crippen molar-refractivity contribution >= 4 is 23.4 Å². The number of ether oxygens (including phenoxy) is 1. The van der Waals surface area contributed by atoms with Gasteiger partial charge in [-0.2, -0.15) is 0 Å². The number of amides is 1. The van der Waals surface area contributed by atoms with Gasteiger partial charge in [0.25, 0.3) is 0 Å². The number of carbonyl (C=O) groups excluding carboxylic acids is 1. The highest BCUT2D eigenvalue weighted by atomic mass is 32.2. The first-order valence-corrected chi connectivity index (χ1v) is 9.64. The van der Waals surface area contributed by atoms with Gasteiger partial charge in [0.2, 0.25) is 5.91 Å². The maximum Gasteiger partial charge on any atom is 0.250 e. The van der Waals surface area contributed by atoms with Gasteiger partial charge in [-0.25, -0.2) is 0 Å². The molecule has 4 heteroatoms. The predicted octanol–water partition coefficient (Wildman–Crippen LogP) is 5.15. The quantitative estimate of drug-likeness (QED) is 0.590. The standard InChI is InChI=1S/C22H21NO2S/c1-26-20-14-8-13-19(15-20)23-21(24)16-25-22(17-9-4-2-5-10-17)18-11-6-3-7-12-18/h2-15,22H,16H2,1H3,(H,23,24). The van der Waals surface area contributed by atoms with E-state index < -0.39 is 0 Å². The summed E-state index contributed by atoms with van der Waals surface area (Å²) < 4.78 is 5.99. The summed E-state index contributed by atoms with van der Waals surface area (Å²) in [5, 5.41) is 2.90. The molecule has 3 rings (SSSR count). The highest BCUT2D eigenvalue weighted by molar-refractivity contribution is 7.98. The summed E-state index contributed by atoms with van der Waals surface area (Å²) in [4.78, 5) is 13.4. The molecular weight excluding hydrogens is 342 g/mol. The molecule has 0 atom stereocenters. The fourth-order valence-corrected chi connectivity index (χ4v) is 3.16. The maximum absolute atomic E-state index is 12.3. The molecule has 0 aliphatic carbocycles. The zero-order valence-electron chi connectivity index (χ0n) is 14.6. The molecule has 132 valence electrons. The molecule has 1 N–H and O–H groups in total. The van der Waals surface area contributed by atoms with Gasteiger partial charge in [0.1, 0.15) is 12.7 Å². The Morgan fingerprint density at radius 2 is 1.54 bits per heavy atom. The van der Waals surface area contributed by atoms with E-state index in [-0.39, 0.29) is 18.6 Å². The third kappa shape index (κ3) is 4.97. The first kappa shape index (κ1) is 18.2. The first-order chi connectivity index (χ1) is 12.8. The number of nitrogens with one attached hydrogen (secondary N) is 1. The molecule has 0 spiro atoms. The van der Waals surface area contributed by atoms with Crippen LogP contribution >= 0.6 is 11.8 Å². The summed E-state index contributed by atoms with van der Waals surface area (Å²) in [6.45, 7) is -0.0159. The van der Waals surface area contributed by atoms with Gasteiger partial charge in [-0.3, -0.25) is 4.79 Å². The lowest BCUT2D eigenvalue weighted by Crippen LogP contribution is -2.20. The molecule has 3 aromatic rings. The fourth-order valence-electron chi connectivity index (χ4n) is 2.70. The van der Waals surface area contributed by atoms with Crippen molar-refractivity contribution in [3.05, 3.63) is 96.1 Å². The van der Waals surface area contributed by atoms with E-state index in [2.05, 4.69) is 5.32 Å². The molecule has 0 aliphatic rings. The molecule has 3 aromatic carbocycles. The zero-order valence-corrected chi connectivity index (χ0v) is 15.4. The molecule has 0 fully saturated rings. The molecule has 0 aliphatic heterocycles. The summed E-state index contributed by atoms with van der Waals surface area (Å²) in [6.07, 6.45) is 1.73. The SMILES string of the molecule is CSc1cccc(NC(=O)COC(c2ccccc2)c2ccccc2)c1. The molecule has 1 amide bonds. The zero-order chi connectivity index (χ0) is 18.2. The topological polar surface area (TPSA) is 38.3 Å². The van der Waals surface area contributed by atoms with Crippen molar-refractivity contribution in [1.82, 2.24) is 0 Å². The Labute approximate surface area is 158 Å². The molecule has 0 saturated carbocycles. The van der Waals surface area contributed by atoms with Crippen molar-refractivity contribution in [3.8, 4) is 0 Å². The minimum Gasteiger partial charge on any atom is -0.359 e. The molecule has 0 aromatic heterocycles. The lowest BCUT2D eigenvalue weighted by Gasteiger charge is -2.19. The van der Waals surface area contributed by atoms with Gasteiger partial charge < -0.3 is 10.1 Å². The summed E-state index contributed by atoms with van der Waals surface area (Å²) in [5.74, 6) is -0.167. The van der Waals surface area contributed by atoms with Gasteiger partial charge in [0, 0.05) is 10.6 Å². The van der Waals surface area contributed by atoms with Gasteiger partial charge in [-0.15, -0.1) is 11.8 Å². The summed E-state index contributed by atoms with van der Waals surface area (Å²) >= 11 is 1.64. The molecule has 3 nitrogen and oxygen atoms in total. The number of hydrogen-bond acceptors (Lipinski definition) is 3. The summed E-state index contributed by atoms with van der Waals surface area (Å²) in [5.41, 5.74) is 2.83. The van der Waals surface area contributed by atoms with Gasteiger partial charge >= 0.3 is 0 Å². The van der Waals surface area contributed by atoms with E-state index in [1.54, 1.807) is 11.8 Å². The van der Waals surface area contributed by atoms with Gasteiger partial charge in [0.15, 0.2) is 0 Å². The minimum absolute atomic E-state index is 0.0159. The largest absolute Gasteiger partial charge is 0.359 e. The van der Waals surface area contributed by atoms with Crippen molar-refractivity contribution in [2.75, 3.05) is 18.2 Å². The van der Waals surface area contributed by atoms with Crippen molar-refractivity contribution in [2.45, 2.75) is 11.0 Å². The van der Waals surface area contributed by atoms with E-state index in [9.17, 15) is 4.79 Å². The van der Waals surface area contributed by atoms with Crippen LogP contribution in [0.5, 0.6) is 0 Å². The van der Waals surface area contributed by atoms with Crippen LogP contribution in [0, 0.1) is 0 Å². The number of thioether (sulfide) groups is 1. The molecule has 0 bridgehead atoms. The Hall–Kier alpha value is -2.56. The molecular formula is C22H21NO2S. The van der Waals surface area contributed by atoms with Crippen LogP contribution in [-0.2, 0) is 9.53 Å². The second-order valence-electron chi connectivity index (χ2n) is 5.79. The van der Waals surface area contributed by atoms with E-state index in [4.69, 9.17) is 4.74 Å². The molecule has 0 saturated heterocycles. The highest BCUT2D eigenvalue weighted by Crippen LogP contribution is 2.26. The predicted molar refractivity (Wildman–Crippen MR) is 108 cm³/mol. The van der Waals surface area contributed by atoms with Crippen LogP contribution in [0.1, 0.15) is 17.2 Å². The van der Waals surface area contributed by atoms with Crippen molar-refractivity contribution in [2.24, 2.45) is 0 Å². The Morgan fingerprint density at radius 3 is 2.12 bits per heavy atom. The van der Waals surface area contributed by atoms with E-state index in [0.717, 1.165) is 21.7 Å². The van der Waals surface area contributed by atoms with E-state index >= 15 is 0 Å². The lowest BCUT2D eigenvalue weighted by atomic mass is 10.0. The number of rotatable bonds is 7.